The molecule has 0 radical (unpaired) electrons. The third-order valence-corrected chi connectivity index (χ3v) is 2.47. The number of carbonyl (C=O) groups is 3. The second kappa shape index (κ2) is 7.98. The van der Waals surface area contributed by atoms with Crippen LogP contribution in [0.4, 0.5) is 0 Å². The molecule has 1 atom stereocenters. The van der Waals surface area contributed by atoms with E-state index in [1.165, 1.54) is 12.3 Å². The van der Waals surface area contributed by atoms with Crippen molar-refractivity contribution in [2.45, 2.75) is 26.3 Å². The first-order chi connectivity index (χ1) is 9.54. The highest BCUT2D eigenvalue weighted by Gasteiger charge is 2.16. The fraction of sp³-hybridized carbons (Fsp3) is 0.462. The average molecular weight is 281 g/mol. The molecule has 0 fully saturated rings. The molecule has 0 aliphatic heterocycles. The number of furan rings is 1. The average Bonchev–Trinajstić information content (AvgIpc) is 2.96. The van der Waals surface area contributed by atoms with Crippen LogP contribution in [0.15, 0.2) is 22.8 Å². The summed E-state index contributed by atoms with van der Waals surface area (Å²) in [4.78, 5) is 34.6. The van der Waals surface area contributed by atoms with Crippen LogP contribution in [-0.4, -0.2) is 36.9 Å². The lowest BCUT2D eigenvalue weighted by molar-refractivity contribution is -0.128. The minimum atomic E-state index is -0.644. The van der Waals surface area contributed by atoms with Gasteiger partial charge in [0.2, 0.25) is 11.8 Å². The Bertz CT molecular complexity index is 456. The highest BCUT2D eigenvalue weighted by molar-refractivity contribution is 5.95. The van der Waals surface area contributed by atoms with Gasteiger partial charge in [0, 0.05) is 6.54 Å². The van der Waals surface area contributed by atoms with Gasteiger partial charge in [0.15, 0.2) is 5.76 Å². The van der Waals surface area contributed by atoms with Crippen LogP contribution in [0.1, 0.15) is 30.8 Å². The Labute approximate surface area is 117 Å². The van der Waals surface area contributed by atoms with Crippen molar-refractivity contribution in [3.8, 4) is 0 Å². The summed E-state index contributed by atoms with van der Waals surface area (Å²) in [6.07, 6.45) is 2.20. The van der Waals surface area contributed by atoms with Crippen molar-refractivity contribution in [1.82, 2.24) is 16.0 Å². The summed E-state index contributed by atoms with van der Waals surface area (Å²) in [6, 6.07) is 2.43. The number of hydrogen-bond acceptors (Lipinski definition) is 4. The topological polar surface area (TPSA) is 100 Å². The molecule has 0 aliphatic carbocycles. The third kappa shape index (κ3) is 5.13. The van der Waals surface area contributed by atoms with E-state index >= 15 is 0 Å². The Morgan fingerprint density at radius 3 is 2.65 bits per heavy atom. The van der Waals surface area contributed by atoms with Crippen LogP contribution in [0.5, 0.6) is 0 Å². The van der Waals surface area contributed by atoms with Gasteiger partial charge in [-0.05, 0) is 25.5 Å². The van der Waals surface area contributed by atoms with E-state index in [9.17, 15) is 14.4 Å². The SMILES string of the molecule is CCCNC(=O)[C@H](C)NC(=O)CNC(=O)c1ccco1. The Hall–Kier alpha value is -2.31. The second-order valence-corrected chi connectivity index (χ2v) is 4.24. The number of carbonyl (C=O) groups excluding carboxylic acids is 3. The van der Waals surface area contributed by atoms with Crippen LogP contribution in [0.2, 0.25) is 0 Å². The number of rotatable bonds is 7. The fourth-order valence-corrected chi connectivity index (χ4v) is 1.41. The minimum Gasteiger partial charge on any atom is -0.459 e. The maximum Gasteiger partial charge on any atom is 0.287 e. The Morgan fingerprint density at radius 1 is 1.30 bits per heavy atom. The molecule has 1 aromatic heterocycles. The van der Waals surface area contributed by atoms with Crippen LogP contribution in [0.25, 0.3) is 0 Å². The minimum absolute atomic E-state index is 0.131. The molecule has 20 heavy (non-hydrogen) atoms. The first-order valence-electron chi connectivity index (χ1n) is 6.43. The normalized spacial score (nSPS) is 11.5. The quantitative estimate of drug-likeness (QED) is 0.657. The van der Waals surface area contributed by atoms with Gasteiger partial charge in [0.25, 0.3) is 5.91 Å². The van der Waals surface area contributed by atoms with Crippen LogP contribution in [-0.2, 0) is 9.59 Å². The second-order valence-electron chi connectivity index (χ2n) is 4.24. The van der Waals surface area contributed by atoms with E-state index in [4.69, 9.17) is 4.42 Å². The zero-order valence-corrected chi connectivity index (χ0v) is 11.6. The maximum absolute atomic E-state index is 11.6. The smallest absolute Gasteiger partial charge is 0.287 e. The van der Waals surface area contributed by atoms with E-state index < -0.39 is 17.9 Å². The molecule has 3 N–H and O–H groups in total. The van der Waals surface area contributed by atoms with Crippen molar-refractivity contribution in [2.75, 3.05) is 13.1 Å². The molecule has 1 rings (SSSR count). The number of hydrogen-bond donors (Lipinski definition) is 3. The maximum atomic E-state index is 11.6. The van der Waals surface area contributed by atoms with Crippen LogP contribution in [0.3, 0.4) is 0 Å². The van der Waals surface area contributed by atoms with Crippen molar-refractivity contribution in [3.63, 3.8) is 0 Å². The zero-order chi connectivity index (χ0) is 15.0. The van der Waals surface area contributed by atoms with E-state index in [1.807, 2.05) is 6.92 Å². The van der Waals surface area contributed by atoms with E-state index in [0.717, 1.165) is 6.42 Å². The predicted molar refractivity (Wildman–Crippen MR) is 71.9 cm³/mol. The van der Waals surface area contributed by atoms with Gasteiger partial charge in [-0.1, -0.05) is 6.92 Å². The van der Waals surface area contributed by atoms with E-state index in [0.29, 0.717) is 6.54 Å². The van der Waals surface area contributed by atoms with Crippen molar-refractivity contribution in [3.05, 3.63) is 24.2 Å². The van der Waals surface area contributed by atoms with Gasteiger partial charge in [-0.15, -0.1) is 0 Å². The van der Waals surface area contributed by atoms with Gasteiger partial charge < -0.3 is 20.4 Å². The predicted octanol–water partition coefficient (Wildman–Crippen LogP) is 0.0403. The highest BCUT2D eigenvalue weighted by atomic mass is 16.3. The van der Waals surface area contributed by atoms with Gasteiger partial charge in [-0.25, -0.2) is 0 Å². The van der Waals surface area contributed by atoms with Crippen LogP contribution >= 0.6 is 0 Å². The van der Waals surface area contributed by atoms with Crippen LogP contribution in [0, 0.1) is 0 Å². The van der Waals surface area contributed by atoms with Gasteiger partial charge in [0.05, 0.1) is 12.8 Å². The molecule has 3 amide bonds. The standard InChI is InChI=1S/C13H19N3O4/c1-3-6-14-12(18)9(2)16-11(17)8-15-13(19)10-5-4-7-20-10/h4-5,7,9H,3,6,8H2,1-2H3,(H,14,18)(H,15,19)(H,16,17)/t9-/m0/s1. The molecule has 7 heteroatoms. The summed E-state index contributed by atoms with van der Waals surface area (Å²) in [5.74, 6) is -1.04. The first-order valence-corrected chi connectivity index (χ1v) is 6.43. The lowest BCUT2D eigenvalue weighted by Gasteiger charge is -2.13. The van der Waals surface area contributed by atoms with Gasteiger partial charge in [-0.3, -0.25) is 14.4 Å². The lowest BCUT2D eigenvalue weighted by Crippen LogP contribution is -2.48. The van der Waals surface area contributed by atoms with Crippen LogP contribution < -0.4 is 16.0 Å². The largest absolute Gasteiger partial charge is 0.459 e. The lowest BCUT2D eigenvalue weighted by atomic mass is 10.3. The Kier molecular flexibility index (Phi) is 6.28. The fourth-order valence-electron chi connectivity index (χ4n) is 1.41. The van der Waals surface area contributed by atoms with E-state index in [1.54, 1.807) is 13.0 Å². The molecular weight excluding hydrogens is 262 g/mol. The van der Waals surface area contributed by atoms with Gasteiger partial charge >= 0.3 is 0 Å². The summed E-state index contributed by atoms with van der Waals surface area (Å²) >= 11 is 0. The first kappa shape index (κ1) is 15.7. The van der Waals surface area contributed by atoms with Crippen molar-refractivity contribution in [1.29, 1.82) is 0 Å². The summed E-state index contributed by atoms with van der Waals surface area (Å²) < 4.78 is 4.88. The summed E-state index contributed by atoms with van der Waals surface area (Å²) in [6.45, 7) is 3.87. The van der Waals surface area contributed by atoms with E-state index in [2.05, 4.69) is 16.0 Å². The van der Waals surface area contributed by atoms with Gasteiger partial charge in [0.1, 0.15) is 6.04 Å². The summed E-state index contributed by atoms with van der Waals surface area (Å²) in [7, 11) is 0. The van der Waals surface area contributed by atoms with Gasteiger partial charge in [-0.2, -0.15) is 0 Å². The summed E-state index contributed by atoms with van der Waals surface area (Å²) in [5, 5.41) is 7.56. The molecule has 7 nitrogen and oxygen atoms in total. The molecule has 0 unspecified atom stereocenters. The molecule has 0 aliphatic rings. The third-order valence-electron chi connectivity index (χ3n) is 2.47. The molecule has 1 aromatic rings. The van der Waals surface area contributed by atoms with Crippen molar-refractivity contribution >= 4 is 17.7 Å². The Morgan fingerprint density at radius 2 is 2.05 bits per heavy atom. The highest BCUT2D eigenvalue weighted by Crippen LogP contribution is 1.98. The monoisotopic (exact) mass is 281 g/mol. The number of nitrogens with one attached hydrogen (secondary N) is 3. The molecule has 0 spiro atoms. The van der Waals surface area contributed by atoms with Crippen molar-refractivity contribution in [2.24, 2.45) is 0 Å². The van der Waals surface area contributed by atoms with E-state index in [-0.39, 0.29) is 18.2 Å². The zero-order valence-electron chi connectivity index (χ0n) is 11.6. The molecule has 0 saturated carbocycles. The molecule has 110 valence electrons. The molecular formula is C13H19N3O4. The van der Waals surface area contributed by atoms with Crippen molar-refractivity contribution < 1.29 is 18.8 Å². The molecule has 0 bridgehead atoms. The molecule has 0 saturated heterocycles. The summed E-state index contributed by atoms with van der Waals surface area (Å²) in [5.41, 5.74) is 0. The molecule has 0 aromatic carbocycles. The molecule has 1 heterocycles. The Balaban J connectivity index is 2.29. The number of amides is 3.